The summed E-state index contributed by atoms with van der Waals surface area (Å²) in [5, 5.41) is 2.66. The minimum Gasteiger partial charge on any atom is -0.417 e. The molecule has 1 aliphatic rings. The van der Waals surface area contributed by atoms with Crippen LogP contribution in [0.15, 0.2) is 70.7 Å². The van der Waals surface area contributed by atoms with Crippen molar-refractivity contribution in [1.82, 2.24) is 9.97 Å². The van der Waals surface area contributed by atoms with Gasteiger partial charge in [-0.25, -0.2) is 0 Å². The van der Waals surface area contributed by atoms with Crippen LogP contribution in [0.3, 0.4) is 0 Å². The maximum absolute atomic E-state index is 12.9. The number of benzene rings is 3. The van der Waals surface area contributed by atoms with Crippen molar-refractivity contribution in [2.75, 3.05) is 0 Å². The number of oxazole rings is 1. The molecule has 0 saturated carbocycles. The molecule has 0 spiro atoms. The molecule has 3 aromatic carbocycles. The average Bonchev–Trinajstić information content (AvgIpc) is 3.40. The lowest BCUT2D eigenvalue weighted by Gasteiger charge is -2.00. The molecule has 0 atom stereocenters. The number of hydrogen-bond donors (Lipinski definition) is 0. The maximum atomic E-state index is 12.9. The van der Waals surface area contributed by atoms with E-state index < -0.39 is 0 Å². The zero-order valence-corrected chi connectivity index (χ0v) is 17.2. The van der Waals surface area contributed by atoms with Gasteiger partial charge in [-0.05, 0) is 29.8 Å². The molecule has 0 unspecified atom stereocenters. The molecule has 6 heteroatoms. The lowest BCUT2D eigenvalue weighted by atomic mass is 10.0. The molecular weight excluding hydrogens is 408 g/mol. The van der Waals surface area contributed by atoms with Gasteiger partial charge in [-0.1, -0.05) is 65.4 Å². The second-order valence-corrected chi connectivity index (χ2v) is 8.49. The first kappa shape index (κ1) is 17.9. The number of aromatic nitrogens is 2. The fraction of sp³-hybridized carbons (Fsp3) is 0.0400. The Bertz CT molecular complexity index is 1480. The molecule has 2 heterocycles. The van der Waals surface area contributed by atoms with Crippen molar-refractivity contribution in [3.63, 3.8) is 0 Å². The average molecular weight is 422 g/mol. The lowest BCUT2D eigenvalue weighted by molar-refractivity contribution is 0.0990. The molecule has 5 aromatic rings. The smallest absolute Gasteiger partial charge is 0.259 e. The number of hydrogen-bond acceptors (Lipinski definition) is 6. The summed E-state index contributed by atoms with van der Waals surface area (Å²) >= 11 is 1.41. The van der Waals surface area contributed by atoms with Gasteiger partial charge in [0, 0.05) is 22.8 Å². The third-order valence-electron chi connectivity index (χ3n) is 5.42. The standard InChI is InChI=1S/C25H14N2O3S/c1-13-6-8-14(9-7-13)24-27-23-25(31-24)26-20(30-23)12-19-21(28)17-10-15-4-2-3-5-16(15)11-18(17)22(19)29/h2-12H,1H3. The van der Waals surface area contributed by atoms with Crippen LogP contribution < -0.4 is 0 Å². The van der Waals surface area contributed by atoms with Crippen molar-refractivity contribution in [2.24, 2.45) is 0 Å². The molecule has 6 rings (SSSR count). The van der Waals surface area contributed by atoms with Crippen LogP contribution in [0.4, 0.5) is 0 Å². The first-order valence-corrected chi connectivity index (χ1v) is 10.6. The molecule has 1 aliphatic carbocycles. The van der Waals surface area contributed by atoms with Crippen LogP contribution in [0.2, 0.25) is 0 Å². The highest BCUT2D eigenvalue weighted by atomic mass is 32.1. The second kappa shape index (κ2) is 6.55. The van der Waals surface area contributed by atoms with E-state index in [0.717, 1.165) is 21.3 Å². The van der Waals surface area contributed by atoms with Crippen molar-refractivity contribution >= 4 is 50.3 Å². The summed E-state index contributed by atoms with van der Waals surface area (Å²) in [6.07, 6.45) is 1.43. The Labute approximate surface area is 180 Å². The highest BCUT2D eigenvalue weighted by Gasteiger charge is 2.34. The van der Waals surface area contributed by atoms with E-state index >= 15 is 0 Å². The molecular formula is C25H14N2O3S. The minimum absolute atomic E-state index is 0.0676. The Balaban J connectivity index is 1.38. The normalized spacial score (nSPS) is 13.4. The van der Waals surface area contributed by atoms with Crippen LogP contribution in [0, 0.1) is 6.92 Å². The van der Waals surface area contributed by atoms with Gasteiger partial charge in [-0.3, -0.25) is 9.59 Å². The van der Waals surface area contributed by atoms with E-state index in [9.17, 15) is 9.59 Å². The van der Waals surface area contributed by atoms with E-state index in [1.165, 1.54) is 23.0 Å². The second-order valence-electron chi connectivity index (χ2n) is 7.51. The van der Waals surface area contributed by atoms with Gasteiger partial charge in [0.1, 0.15) is 5.01 Å². The largest absolute Gasteiger partial charge is 0.417 e. The summed E-state index contributed by atoms with van der Waals surface area (Å²) in [5.41, 5.74) is 3.47. The van der Waals surface area contributed by atoms with Crippen molar-refractivity contribution in [1.29, 1.82) is 0 Å². The third kappa shape index (κ3) is 2.84. The maximum Gasteiger partial charge on any atom is 0.259 e. The number of thiazole rings is 1. The van der Waals surface area contributed by atoms with Crippen molar-refractivity contribution in [3.8, 4) is 10.6 Å². The summed E-state index contributed by atoms with van der Waals surface area (Å²) in [6, 6.07) is 19.3. The molecule has 0 N–H and O–H groups in total. The van der Waals surface area contributed by atoms with E-state index in [1.807, 2.05) is 55.5 Å². The predicted octanol–water partition coefficient (Wildman–Crippen LogP) is 5.88. The van der Waals surface area contributed by atoms with Crippen molar-refractivity contribution in [3.05, 3.63) is 88.8 Å². The molecule has 0 saturated heterocycles. The number of carbonyl (C=O) groups excluding carboxylic acids is 2. The first-order valence-electron chi connectivity index (χ1n) is 9.75. The van der Waals surface area contributed by atoms with E-state index in [0.29, 0.717) is 21.7 Å². The zero-order valence-electron chi connectivity index (χ0n) is 16.4. The van der Waals surface area contributed by atoms with Gasteiger partial charge in [-0.2, -0.15) is 9.97 Å². The van der Waals surface area contributed by atoms with E-state index in [1.54, 1.807) is 12.1 Å². The fourth-order valence-electron chi connectivity index (χ4n) is 3.80. The lowest BCUT2D eigenvalue weighted by Crippen LogP contribution is -2.00. The first-order chi connectivity index (χ1) is 15.1. The van der Waals surface area contributed by atoms with Gasteiger partial charge in [-0.15, -0.1) is 0 Å². The molecule has 0 fully saturated rings. The molecule has 0 amide bonds. The Morgan fingerprint density at radius 1 is 0.871 bits per heavy atom. The summed E-state index contributed by atoms with van der Waals surface area (Å²) in [5.74, 6) is -0.403. The number of fused-ring (bicyclic) bond motifs is 3. The topological polar surface area (TPSA) is 73.1 Å². The number of nitrogens with zero attached hydrogens (tertiary/aromatic N) is 2. The Kier molecular flexibility index (Phi) is 3.79. The fourth-order valence-corrected chi connectivity index (χ4v) is 4.68. The predicted molar refractivity (Wildman–Crippen MR) is 120 cm³/mol. The van der Waals surface area contributed by atoms with E-state index in [-0.39, 0.29) is 23.0 Å². The molecule has 148 valence electrons. The number of Topliss-reactive ketones (excluding diaryl/α,β-unsaturated/α-hetero) is 2. The highest BCUT2D eigenvalue weighted by Crippen LogP contribution is 2.34. The van der Waals surface area contributed by atoms with E-state index in [4.69, 9.17) is 4.42 Å². The van der Waals surface area contributed by atoms with Gasteiger partial charge in [0.05, 0.1) is 5.57 Å². The van der Waals surface area contributed by atoms with Crippen LogP contribution in [0.1, 0.15) is 32.2 Å². The number of carbonyl (C=O) groups is 2. The number of aryl methyl sites for hydroxylation is 1. The number of ketones is 2. The quantitative estimate of drug-likeness (QED) is 0.263. The molecule has 31 heavy (non-hydrogen) atoms. The zero-order chi connectivity index (χ0) is 21.1. The number of rotatable bonds is 2. The Hall–Kier alpha value is -3.90. The number of allylic oxidation sites excluding steroid dienone is 1. The summed E-state index contributed by atoms with van der Waals surface area (Å²) in [7, 11) is 0. The SMILES string of the molecule is Cc1ccc(-c2nc3oc(C=C4C(=O)c5cc6ccccc6cc5C4=O)nc3s2)cc1. The third-order valence-corrected chi connectivity index (χ3v) is 6.40. The van der Waals surface area contributed by atoms with Gasteiger partial charge < -0.3 is 4.42 Å². The summed E-state index contributed by atoms with van der Waals surface area (Å²) in [4.78, 5) is 35.4. The molecule has 5 nitrogen and oxygen atoms in total. The molecule has 0 bridgehead atoms. The van der Waals surface area contributed by atoms with Gasteiger partial charge in [0.25, 0.3) is 5.71 Å². The van der Waals surface area contributed by atoms with Crippen LogP contribution in [0.5, 0.6) is 0 Å². The van der Waals surface area contributed by atoms with Crippen LogP contribution >= 0.6 is 11.3 Å². The molecule has 0 aliphatic heterocycles. The minimum atomic E-state index is -0.305. The summed E-state index contributed by atoms with van der Waals surface area (Å²) in [6.45, 7) is 2.03. The Morgan fingerprint density at radius 3 is 2.13 bits per heavy atom. The van der Waals surface area contributed by atoms with Crippen LogP contribution in [0.25, 0.3) is 38.0 Å². The van der Waals surface area contributed by atoms with Crippen LogP contribution in [-0.2, 0) is 0 Å². The van der Waals surface area contributed by atoms with E-state index in [2.05, 4.69) is 9.97 Å². The monoisotopic (exact) mass is 422 g/mol. The van der Waals surface area contributed by atoms with Gasteiger partial charge >= 0.3 is 0 Å². The van der Waals surface area contributed by atoms with Crippen LogP contribution in [-0.4, -0.2) is 21.5 Å². The van der Waals surface area contributed by atoms with Gasteiger partial charge in [0.2, 0.25) is 5.89 Å². The molecule has 0 radical (unpaired) electrons. The van der Waals surface area contributed by atoms with Crippen molar-refractivity contribution < 1.29 is 14.0 Å². The summed E-state index contributed by atoms with van der Waals surface area (Å²) < 4.78 is 5.74. The van der Waals surface area contributed by atoms with Gasteiger partial charge in [0.15, 0.2) is 16.4 Å². The highest BCUT2D eigenvalue weighted by molar-refractivity contribution is 7.21. The van der Waals surface area contributed by atoms with Crippen molar-refractivity contribution in [2.45, 2.75) is 6.92 Å². The Morgan fingerprint density at radius 2 is 1.52 bits per heavy atom. The molecule has 2 aromatic heterocycles.